The highest BCUT2D eigenvalue weighted by Gasteiger charge is 2.35. The average Bonchev–Trinajstić information content (AvgIpc) is 3.22. The van der Waals surface area contributed by atoms with Crippen molar-refractivity contribution in [1.29, 1.82) is 0 Å². The quantitative estimate of drug-likeness (QED) is 0.783. The maximum Gasteiger partial charge on any atom is 0.269 e. The first kappa shape index (κ1) is 19.4. The third-order valence-electron chi connectivity index (χ3n) is 5.83. The Labute approximate surface area is 161 Å². The van der Waals surface area contributed by atoms with Gasteiger partial charge in [0, 0.05) is 17.6 Å². The minimum absolute atomic E-state index is 0.0678. The number of benzene rings is 1. The number of nitrogens with zero attached hydrogens (tertiary/aromatic N) is 2. The van der Waals surface area contributed by atoms with Gasteiger partial charge in [-0.2, -0.15) is 5.10 Å². The van der Waals surface area contributed by atoms with Crippen LogP contribution in [0.15, 0.2) is 30.3 Å². The van der Waals surface area contributed by atoms with Gasteiger partial charge >= 0.3 is 0 Å². The van der Waals surface area contributed by atoms with Crippen molar-refractivity contribution in [3.63, 3.8) is 0 Å². The van der Waals surface area contributed by atoms with Gasteiger partial charge in [-0.05, 0) is 44.6 Å². The van der Waals surface area contributed by atoms with Crippen LogP contribution in [0.3, 0.4) is 0 Å². The van der Waals surface area contributed by atoms with E-state index in [1.54, 1.807) is 13.2 Å². The molecule has 0 atom stereocenters. The third-order valence-corrected chi connectivity index (χ3v) is 5.83. The second-order valence-corrected chi connectivity index (χ2v) is 7.38. The highest BCUT2D eigenvalue weighted by Crippen LogP contribution is 2.32. The summed E-state index contributed by atoms with van der Waals surface area (Å²) in [6.07, 6.45) is 6.01. The molecule has 0 unspecified atom stereocenters. The third kappa shape index (κ3) is 4.33. The van der Waals surface area contributed by atoms with E-state index in [9.17, 15) is 4.79 Å². The van der Waals surface area contributed by atoms with Gasteiger partial charge in [-0.3, -0.25) is 14.8 Å². The molecule has 1 fully saturated rings. The number of H-pyrrole nitrogens is 1. The predicted molar refractivity (Wildman–Crippen MR) is 107 cm³/mol. The molecule has 1 aliphatic carbocycles. The highest BCUT2D eigenvalue weighted by atomic mass is 16.5. The summed E-state index contributed by atoms with van der Waals surface area (Å²) in [6, 6.07) is 9.45. The van der Waals surface area contributed by atoms with Crippen molar-refractivity contribution in [2.24, 2.45) is 0 Å². The Morgan fingerprint density at radius 2 is 2.07 bits per heavy atom. The first-order valence-electron chi connectivity index (χ1n) is 9.77. The maximum atomic E-state index is 12.7. The molecule has 0 radical (unpaired) electrons. The molecule has 0 saturated heterocycles. The number of amides is 1. The van der Waals surface area contributed by atoms with Crippen LogP contribution < -0.4 is 10.1 Å². The zero-order valence-corrected chi connectivity index (χ0v) is 16.5. The Bertz CT molecular complexity index is 765. The summed E-state index contributed by atoms with van der Waals surface area (Å²) in [4.78, 5) is 15.1. The van der Waals surface area contributed by atoms with Gasteiger partial charge in [-0.1, -0.05) is 38.3 Å². The van der Waals surface area contributed by atoms with Gasteiger partial charge in [0.2, 0.25) is 0 Å². The van der Waals surface area contributed by atoms with Gasteiger partial charge in [0.1, 0.15) is 11.4 Å². The minimum atomic E-state index is -0.105. The number of aromatic nitrogens is 2. The number of rotatable bonds is 7. The molecule has 1 aliphatic rings. The summed E-state index contributed by atoms with van der Waals surface area (Å²) in [5.74, 6) is 0.662. The standard InChI is InChI=1S/C21H30N4O2/c1-4-25(2)21(11-6-5-7-12-21)15-22-20(26)19-14-18(23-24-19)16-9-8-10-17(13-16)27-3/h8-10,13-14H,4-7,11-12,15H2,1-3H3,(H,22,26)(H,23,24). The molecule has 0 aliphatic heterocycles. The Balaban J connectivity index is 1.68. The van der Waals surface area contributed by atoms with E-state index >= 15 is 0 Å². The highest BCUT2D eigenvalue weighted by molar-refractivity contribution is 5.93. The van der Waals surface area contributed by atoms with Crippen molar-refractivity contribution in [3.05, 3.63) is 36.0 Å². The number of ether oxygens (including phenoxy) is 1. The second kappa shape index (κ2) is 8.57. The lowest BCUT2D eigenvalue weighted by Gasteiger charge is -2.44. The number of nitrogens with one attached hydrogen (secondary N) is 2. The van der Waals surface area contributed by atoms with Crippen molar-refractivity contribution < 1.29 is 9.53 Å². The van der Waals surface area contributed by atoms with Gasteiger partial charge in [0.25, 0.3) is 5.91 Å². The Morgan fingerprint density at radius 1 is 1.30 bits per heavy atom. The summed E-state index contributed by atoms with van der Waals surface area (Å²) >= 11 is 0. The molecule has 1 saturated carbocycles. The number of hydrogen-bond acceptors (Lipinski definition) is 4. The zero-order valence-electron chi connectivity index (χ0n) is 16.5. The Kier molecular flexibility index (Phi) is 6.16. The van der Waals surface area contributed by atoms with Crippen molar-refractivity contribution in [2.75, 3.05) is 27.2 Å². The van der Waals surface area contributed by atoms with Crippen molar-refractivity contribution in [3.8, 4) is 17.0 Å². The zero-order chi connectivity index (χ0) is 19.3. The van der Waals surface area contributed by atoms with E-state index in [1.165, 1.54) is 19.3 Å². The molecule has 146 valence electrons. The van der Waals surface area contributed by atoms with E-state index in [0.717, 1.165) is 36.4 Å². The molecule has 0 spiro atoms. The summed E-state index contributed by atoms with van der Waals surface area (Å²) in [7, 11) is 3.80. The fraction of sp³-hybridized carbons (Fsp3) is 0.524. The smallest absolute Gasteiger partial charge is 0.269 e. The summed E-state index contributed by atoms with van der Waals surface area (Å²) in [5.41, 5.74) is 2.20. The SMILES string of the molecule is CCN(C)C1(CNC(=O)c2cc(-c3cccc(OC)c3)n[nH]2)CCCCC1. The second-order valence-electron chi connectivity index (χ2n) is 7.38. The number of aromatic amines is 1. The molecule has 6 heteroatoms. The topological polar surface area (TPSA) is 70.2 Å². The molecule has 2 N–H and O–H groups in total. The van der Waals surface area contributed by atoms with Crippen molar-refractivity contribution in [2.45, 2.75) is 44.6 Å². The molecule has 1 heterocycles. The monoisotopic (exact) mass is 370 g/mol. The number of methoxy groups -OCH3 is 1. The van der Waals surface area contributed by atoms with Gasteiger partial charge < -0.3 is 10.1 Å². The van der Waals surface area contributed by atoms with E-state index < -0.39 is 0 Å². The summed E-state index contributed by atoms with van der Waals surface area (Å²) in [5, 5.41) is 10.3. The Hall–Kier alpha value is -2.34. The van der Waals surface area contributed by atoms with Gasteiger partial charge in [-0.15, -0.1) is 0 Å². The van der Waals surface area contributed by atoms with Crippen LogP contribution in [0.4, 0.5) is 0 Å². The first-order valence-corrected chi connectivity index (χ1v) is 9.77. The summed E-state index contributed by atoms with van der Waals surface area (Å²) in [6.45, 7) is 3.83. The molecule has 0 bridgehead atoms. The van der Waals surface area contributed by atoms with Crippen molar-refractivity contribution >= 4 is 5.91 Å². The summed E-state index contributed by atoms with van der Waals surface area (Å²) < 4.78 is 5.26. The van der Waals surface area contributed by atoms with Gasteiger partial charge in [0.15, 0.2) is 0 Å². The van der Waals surface area contributed by atoms with Crippen LogP contribution in [-0.4, -0.2) is 53.8 Å². The molecule has 1 aromatic heterocycles. The maximum absolute atomic E-state index is 12.7. The lowest BCUT2D eigenvalue weighted by Crippen LogP contribution is -2.55. The lowest BCUT2D eigenvalue weighted by molar-refractivity contribution is 0.0697. The molecule has 1 amide bonds. The van der Waals surface area contributed by atoms with E-state index in [1.807, 2.05) is 24.3 Å². The van der Waals surface area contributed by atoms with E-state index in [0.29, 0.717) is 12.2 Å². The van der Waals surface area contributed by atoms with Crippen LogP contribution >= 0.6 is 0 Å². The van der Waals surface area contributed by atoms with Crippen LogP contribution in [0.5, 0.6) is 5.75 Å². The molecular weight excluding hydrogens is 340 g/mol. The number of carbonyl (C=O) groups is 1. The van der Waals surface area contributed by atoms with Crippen molar-refractivity contribution in [1.82, 2.24) is 20.4 Å². The van der Waals surface area contributed by atoms with Crippen LogP contribution in [0, 0.1) is 0 Å². The molecule has 3 rings (SSSR count). The fourth-order valence-electron chi connectivity index (χ4n) is 3.95. The number of likely N-dealkylation sites (N-methyl/N-ethyl adjacent to an activating group) is 1. The largest absolute Gasteiger partial charge is 0.497 e. The van der Waals surface area contributed by atoms with Crippen LogP contribution in [0.25, 0.3) is 11.3 Å². The van der Waals surface area contributed by atoms with Gasteiger partial charge in [-0.25, -0.2) is 0 Å². The van der Waals surface area contributed by atoms with Crippen LogP contribution in [0.2, 0.25) is 0 Å². The normalized spacial score (nSPS) is 16.3. The predicted octanol–water partition coefficient (Wildman–Crippen LogP) is 3.47. The minimum Gasteiger partial charge on any atom is -0.497 e. The van der Waals surface area contributed by atoms with Gasteiger partial charge in [0.05, 0.1) is 12.8 Å². The molecule has 2 aromatic rings. The number of hydrogen-bond donors (Lipinski definition) is 2. The molecule has 1 aromatic carbocycles. The van der Waals surface area contributed by atoms with Crippen LogP contribution in [-0.2, 0) is 0 Å². The molecule has 6 nitrogen and oxygen atoms in total. The number of carbonyl (C=O) groups excluding carboxylic acids is 1. The Morgan fingerprint density at radius 3 is 2.78 bits per heavy atom. The molecule has 27 heavy (non-hydrogen) atoms. The van der Waals surface area contributed by atoms with E-state index in [-0.39, 0.29) is 11.4 Å². The lowest BCUT2D eigenvalue weighted by atomic mass is 9.80. The molecular formula is C21H30N4O2. The average molecular weight is 370 g/mol. The van der Waals surface area contributed by atoms with Crippen LogP contribution in [0.1, 0.15) is 49.5 Å². The first-order chi connectivity index (χ1) is 13.1. The fourth-order valence-corrected chi connectivity index (χ4v) is 3.95. The van der Waals surface area contributed by atoms with E-state index in [2.05, 4.69) is 34.4 Å². The van der Waals surface area contributed by atoms with E-state index in [4.69, 9.17) is 4.74 Å².